The predicted octanol–water partition coefficient (Wildman–Crippen LogP) is 4.52. The minimum absolute atomic E-state index is 0.0693. The average molecular weight is 441 g/mol. The Morgan fingerprint density at radius 1 is 1.17 bits per heavy atom. The first-order valence-corrected chi connectivity index (χ1v) is 9.80. The number of halogens is 2. The van der Waals surface area contributed by atoms with Crippen molar-refractivity contribution in [2.75, 3.05) is 13.7 Å². The lowest BCUT2D eigenvalue weighted by molar-refractivity contribution is 0.0695. The number of aromatic carboxylic acids is 1. The molecule has 0 atom stereocenters. The number of hydrogen-bond acceptors (Lipinski definition) is 4. The first kappa shape index (κ1) is 22.8. The molecule has 1 amide bonds. The van der Waals surface area contributed by atoms with Crippen LogP contribution in [-0.2, 0) is 17.8 Å². The summed E-state index contributed by atoms with van der Waals surface area (Å²) >= 11 is 12.1. The third-order valence-corrected chi connectivity index (χ3v) is 5.00. The number of benzene rings is 1. The second kappa shape index (κ2) is 9.80. The van der Waals surface area contributed by atoms with E-state index in [-0.39, 0.29) is 29.4 Å². The minimum atomic E-state index is -1.35. The van der Waals surface area contributed by atoms with Gasteiger partial charge in [-0.3, -0.25) is 4.79 Å². The highest BCUT2D eigenvalue weighted by Gasteiger charge is 2.23. The molecule has 1 heterocycles. The molecule has 0 bridgehead atoms. The molecule has 1 N–H and O–H groups in total. The summed E-state index contributed by atoms with van der Waals surface area (Å²) in [7, 11) is 1.55. The Bertz CT molecular complexity index is 988. The molecule has 2 rings (SSSR count). The van der Waals surface area contributed by atoms with E-state index in [0.717, 1.165) is 0 Å². The lowest BCUT2D eigenvalue weighted by Gasteiger charge is -2.23. The van der Waals surface area contributed by atoms with Crippen molar-refractivity contribution in [2.24, 2.45) is 0 Å². The Kier molecular flexibility index (Phi) is 7.70. The van der Waals surface area contributed by atoms with Crippen LogP contribution in [0.4, 0.5) is 4.79 Å². The Morgan fingerprint density at radius 3 is 2.41 bits per heavy atom. The fourth-order valence-electron chi connectivity index (χ4n) is 2.95. The number of carbonyl (C=O) groups is 2. The van der Waals surface area contributed by atoms with E-state index >= 15 is 0 Å². The molecule has 0 unspecified atom stereocenters. The molecule has 0 aliphatic heterocycles. The fourth-order valence-corrected chi connectivity index (χ4v) is 3.24. The molecular formula is C20H22Cl2N2O5. The SMILES string of the molecule is CCCOC(=O)N(C)Cc1cc(=O)c(C(=O)O)c(-c2ccc(Cl)c(Cl)c2)n1CC. The van der Waals surface area contributed by atoms with Crippen LogP contribution in [0.1, 0.15) is 36.3 Å². The fraction of sp³-hybridized carbons (Fsp3) is 0.350. The number of aromatic nitrogens is 1. The van der Waals surface area contributed by atoms with E-state index in [9.17, 15) is 19.5 Å². The standard InChI is InChI=1S/C20H22Cl2N2O5/c1-4-8-29-20(28)23(3)11-13-10-16(25)17(19(26)27)18(24(13)5-2)12-6-7-14(21)15(22)9-12/h6-7,9-10H,4-5,8,11H2,1-3H3,(H,26,27). The molecule has 156 valence electrons. The molecule has 0 saturated heterocycles. The Labute approximate surface area is 178 Å². The van der Waals surface area contributed by atoms with Crippen LogP contribution in [0, 0.1) is 0 Å². The molecule has 0 aliphatic rings. The lowest BCUT2D eigenvalue weighted by Crippen LogP contribution is -2.31. The molecule has 2 aromatic rings. The first-order chi connectivity index (χ1) is 13.7. The Morgan fingerprint density at radius 2 is 1.86 bits per heavy atom. The van der Waals surface area contributed by atoms with Gasteiger partial charge in [0, 0.05) is 30.9 Å². The maximum absolute atomic E-state index is 12.6. The molecule has 7 nitrogen and oxygen atoms in total. The van der Waals surface area contributed by atoms with E-state index < -0.39 is 17.5 Å². The number of ether oxygens (including phenoxy) is 1. The van der Waals surface area contributed by atoms with Gasteiger partial charge in [-0.25, -0.2) is 9.59 Å². The van der Waals surface area contributed by atoms with E-state index in [4.69, 9.17) is 27.9 Å². The highest BCUT2D eigenvalue weighted by molar-refractivity contribution is 6.42. The first-order valence-electron chi connectivity index (χ1n) is 9.04. The molecule has 0 spiro atoms. The van der Waals surface area contributed by atoms with Gasteiger partial charge < -0.3 is 19.3 Å². The van der Waals surface area contributed by atoms with Crippen LogP contribution in [0.2, 0.25) is 10.0 Å². The normalized spacial score (nSPS) is 10.7. The van der Waals surface area contributed by atoms with E-state index in [0.29, 0.717) is 29.2 Å². The molecule has 0 saturated carbocycles. The van der Waals surface area contributed by atoms with Gasteiger partial charge in [0.15, 0.2) is 5.43 Å². The second-order valence-electron chi connectivity index (χ2n) is 6.37. The third-order valence-electron chi connectivity index (χ3n) is 4.26. The largest absolute Gasteiger partial charge is 0.477 e. The maximum Gasteiger partial charge on any atom is 0.409 e. The highest BCUT2D eigenvalue weighted by Crippen LogP contribution is 2.30. The number of carboxylic acids is 1. The van der Waals surface area contributed by atoms with Crippen LogP contribution in [0.15, 0.2) is 29.1 Å². The maximum atomic E-state index is 12.6. The van der Waals surface area contributed by atoms with E-state index in [2.05, 4.69) is 0 Å². The van der Waals surface area contributed by atoms with Gasteiger partial charge in [-0.05, 0) is 25.5 Å². The summed E-state index contributed by atoms with van der Waals surface area (Å²) in [5.41, 5.74) is 0.0866. The van der Waals surface area contributed by atoms with Crippen molar-refractivity contribution in [3.63, 3.8) is 0 Å². The van der Waals surface area contributed by atoms with Crippen molar-refractivity contribution in [1.29, 1.82) is 0 Å². The molecule has 0 radical (unpaired) electrons. The summed E-state index contributed by atoms with van der Waals surface area (Å²) in [6.45, 7) is 4.42. The van der Waals surface area contributed by atoms with Gasteiger partial charge in [0.05, 0.1) is 28.9 Å². The van der Waals surface area contributed by atoms with Crippen molar-refractivity contribution in [3.8, 4) is 11.3 Å². The molecule has 1 aromatic heterocycles. The van der Waals surface area contributed by atoms with Crippen molar-refractivity contribution in [2.45, 2.75) is 33.4 Å². The zero-order valence-electron chi connectivity index (χ0n) is 16.4. The van der Waals surface area contributed by atoms with Crippen molar-refractivity contribution in [1.82, 2.24) is 9.47 Å². The topological polar surface area (TPSA) is 88.8 Å². The zero-order chi connectivity index (χ0) is 21.7. The zero-order valence-corrected chi connectivity index (χ0v) is 17.9. The van der Waals surface area contributed by atoms with E-state index in [1.54, 1.807) is 17.7 Å². The number of pyridine rings is 1. The summed E-state index contributed by atoms with van der Waals surface area (Å²) in [5.74, 6) is -1.35. The predicted molar refractivity (Wildman–Crippen MR) is 112 cm³/mol. The summed E-state index contributed by atoms with van der Waals surface area (Å²) in [5, 5.41) is 10.2. The number of nitrogens with zero attached hydrogens (tertiary/aromatic N) is 2. The average Bonchev–Trinajstić information content (AvgIpc) is 2.67. The van der Waals surface area contributed by atoms with Crippen molar-refractivity contribution in [3.05, 3.63) is 55.8 Å². The Hall–Kier alpha value is -2.51. The summed E-state index contributed by atoms with van der Waals surface area (Å²) < 4.78 is 6.78. The van der Waals surface area contributed by atoms with Gasteiger partial charge in [-0.15, -0.1) is 0 Å². The minimum Gasteiger partial charge on any atom is -0.477 e. The smallest absolute Gasteiger partial charge is 0.409 e. The van der Waals surface area contributed by atoms with Crippen molar-refractivity contribution < 1.29 is 19.4 Å². The Balaban J connectivity index is 2.64. The van der Waals surface area contributed by atoms with Crippen LogP contribution in [0.5, 0.6) is 0 Å². The molecular weight excluding hydrogens is 419 g/mol. The van der Waals surface area contributed by atoms with Crippen LogP contribution >= 0.6 is 23.2 Å². The van der Waals surface area contributed by atoms with Crippen LogP contribution in [-0.4, -0.2) is 40.3 Å². The number of rotatable bonds is 7. The third kappa shape index (κ3) is 5.10. The van der Waals surface area contributed by atoms with Gasteiger partial charge in [0.1, 0.15) is 5.56 Å². The molecule has 1 aromatic carbocycles. The number of carbonyl (C=O) groups excluding carboxylic acids is 1. The number of amides is 1. The summed E-state index contributed by atoms with van der Waals surface area (Å²) in [4.78, 5) is 37.9. The van der Waals surface area contributed by atoms with E-state index in [1.807, 2.05) is 13.8 Å². The van der Waals surface area contributed by atoms with Crippen LogP contribution in [0.3, 0.4) is 0 Å². The summed E-state index contributed by atoms with van der Waals surface area (Å²) in [6.07, 6.45) is 0.161. The molecule has 0 aliphatic carbocycles. The number of hydrogen-bond donors (Lipinski definition) is 1. The highest BCUT2D eigenvalue weighted by atomic mass is 35.5. The molecule has 9 heteroatoms. The van der Waals surface area contributed by atoms with E-state index in [1.165, 1.54) is 23.1 Å². The van der Waals surface area contributed by atoms with Gasteiger partial charge in [-0.2, -0.15) is 0 Å². The van der Waals surface area contributed by atoms with Gasteiger partial charge in [0.2, 0.25) is 0 Å². The van der Waals surface area contributed by atoms with Gasteiger partial charge in [0.25, 0.3) is 0 Å². The molecule has 0 fully saturated rings. The number of carboxylic acid groups (broad SMARTS) is 1. The van der Waals surface area contributed by atoms with Crippen LogP contribution in [0.25, 0.3) is 11.3 Å². The monoisotopic (exact) mass is 440 g/mol. The van der Waals surface area contributed by atoms with Crippen molar-refractivity contribution >= 4 is 35.3 Å². The van der Waals surface area contributed by atoms with Gasteiger partial charge >= 0.3 is 12.1 Å². The lowest BCUT2D eigenvalue weighted by atomic mass is 10.0. The summed E-state index contributed by atoms with van der Waals surface area (Å²) in [6, 6.07) is 5.89. The molecule has 29 heavy (non-hydrogen) atoms. The van der Waals surface area contributed by atoms with Gasteiger partial charge in [-0.1, -0.05) is 36.2 Å². The second-order valence-corrected chi connectivity index (χ2v) is 7.19. The quantitative estimate of drug-likeness (QED) is 0.683. The van der Waals surface area contributed by atoms with Crippen LogP contribution < -0.4 is 5.43 Å².